The van der Waals surface area contributed by atoms with Gasteiger partial charge < -0.3 is 21.1 Å². The first kappa shape index (κ1) is 19.1. The summed E-state index contributed by atoms with van der Waals surface area (Å²) >= 11 is 0. The highest BCUT2D eigenvalue weighted by Crippen LogP contribution is 2.17. The SMILES string of the molecule is CC(O)Cc1cc(CN)ccc1CN(CC(C)O)CC(C)O. The van der Waals surface area contributed by atoms with Gasteiger partial charge in [-0.3, -0.25) is 4.90 Å². The minimum Gasteiger partial charge on any atom is -0.393 e. The van der Waals surface area contributed by atoms with Gasteiger partial charge in [0, 0.05) is 26.2 Å². The maximum atomic E-state index is 9.69. The number of aliphatic hydroxyl groups is 3. The Hall–Kier alpha value is -0.980. The van der Waals surface area contributed by atoms with E-state index >= 15 is 0 Å². The second-order valence-electron chi connectivity index (χ2n) is 6.25. The van der Waals surface area contributed by atoms with E-state index in [4.69, 9.17) is 5.73 Å². The van der Waals surface area contributed by atoms with Crippen LogP contribution in [0.3, 0.4) is 0 Å². The van der Waals surface area contributed by atoms with Gasteiger partial charge in [0.15, 0.2) is 0 Å². The lowest BCUT2D eigenvalue weighted by Gasteiger charge is -2.26. The smallest absolute Gasteiger partial charge is 0.0639 e. The molecule has 0 fully saturated rings. The molecule has 3 unspecified atom stereocenters. The van der Waals surface area contributed by atoms with Gasteiger partial charge in [-0.25, -0.2) is 0 Å². The third-order valence-electron chi connectivity index (χ3n) is 3.46. The summed E-state index contributed by atoms with van der Waals surface area (Å²) < 4.78 is 0. The summed E-state index contributed by atoms with van der Waals surface area (Å²) in [5, 5.41) is 29.0. The van der Waals surface area contributed by atoms with Gasteiger partial charge in [0.25, 0.3) is 0 Å². The quantitative estimate of drug-likeness (QED) is 0.537. The van der Waals surface area contributed by atoms with E-state index in [9.17, 15) is 15.3 Å². The fourth-order valence-corrected chi connectivity index (χ4v) is 2.66. The zero-order chi connectivity index (χ0) is 16.7. The van der Waals surface area contributed by atoms with Crippen LogP contribution < -0.4 is 5.73 Å². The molecule has 0 aromatic heterocycles. The van der Waals surface area contributed by atoms with Gasteiger partial charge in [-0.2, -0.15) is 0 Å². The van der Waals surface area contributed by atoms with E-state index in [1.54, 1.807) is 20.8 Å². The Bertz CT molecular complexity index is 438. The lowest BCUT2D eigenvalue weighted by molar-refractivity contribution is 0.0791. The minimum atomic E-state index is -0.456. The molecule has 5 N–H and O–H groups in total. The summed E-state index contributed by atoms with van der Waals surface area (Å²) in [6, 6.07) is 6.05. The molecule has 0 saturated carbocycles. The molecule has 0 spiro atoms. The van der Waals surface area contributed by atoms with Crippen LogP contribution in [0.25, 0.3) is 0 Å². The normalized spacial score (nSPS) is 15.8. The molecular weight excluding hydrogens is 280 g/mol. The summed E-state index contributed by atoms with van der Waals surface area (Å²) in [6.07, 6.45) is -0.765. The van der Waals surface area contributed by atoms with Gasteiger partial charge in [0.2, 0.25) is 0 Å². The number of nitrogens with zero attached hydrogens (tertiary/aromatic N) is 1. The van der Waals surface area contributed by atoms with Crippen LogP contribution in [-0.2, 0) is 19.5 Å². The van der Waals surface area contributed by atoms with Crippen LogP contribution in [0.2, 0.25) is 0 Å². The molecule has 0 aliphatic rings. The van der Waals surface area contributed by atoms with Crippen molar-refractivity contribution in [3.63, 3.8) is 0 Å². The highest BCUT2D eigenvalue weighted by molar-refractivity contribution is 5.32. The third-order valence-corrected chi connectivity index (χ3v) is 3.46. The van der Waals surface area contributed by atoms with Crippen molar-refractivity contribution < 1.29 is 15.3 Å². The van der Waals surface area contributed by atoms with E-state index in [0.717, 1.165) is 16.7 Å². The van der Waals surface area contributed by atoms with Crippen LogP contribution in [0, 0.1) is 0 Å². The summed E-state index contributed by atoms with van der Waals surface area (Å²) in [7, 11) is 0. The first-order valence-corrected chi connectivity index (χ1v) is 7.89. The molecule has 1 rings (SSSR count). The molecule has 0 aliphatic carbocycles. The summed E-state index contributed by atoms with van der Waals surface area (Å²) in [5.74, 6) is 0. The van der Waals surface area contributed by atoms with Crippen molar-refractivity contribution in [2.24, 2.45) is 5.73 Å². The number of nitrogens with two attached hydrogens (primary N) is 1. The maximum absolute atomic E-state index is 9.69. The van der Waals surface area contributed by atoms with Crippen LogP contribution in [0.15, 0.2) is 18.2 Å². The summed E-state index contributed by atoms with van der Waals surface area (Å²) in [4.78, 5) is 2.03. The minimum absolute atomic E-state index is 0.422. The second kappa shape index (κ2) is 9.22. The molecule has 3 atom stereocenters. The first-order valence-electron chi connectivity index (χ1n) is 7.89. The van der Waals surface area contributed by atoms with Crippen LogP contribution >= 0.6 is 0 Å². The van der Waals surface area contributed by atoms with Gasteiger partial charge in [-0.15, -0.1) is 0 Å². The lowest BCUT2D eigenvalue weighted by Crippen LogP contribution is -2.36. The molecule has 1 aromatic rings. The topological polar surface area (TPSA) is 90.0 Å². The maximum Gasteiger partial charge on any atom is 0.0639 e. The van der Waals surface area contributed by atoms with E-state index in [1.807, 2.05) is 23.1 Å². The monoisotopic (exact) mass is 310 g/mol. The Kier molecular flexibility index (Phi) is 8.00. The van der Waals surface area contributed by atoms with Crippen LogP contribution in [0.5, 0.6) is 0 Å². The molecule has 5 heteroatoms. The van der Waals surface area contributed by atoms with E-state index < -0.39 is 18.3 Å². The molecule has 0 aliphatic heterocycles. The van der Waals surface area contributed by atoms with E-state index in [0.29, 0.717) is 32.6 Å². The van der Waals surface area contributed by atoms with Gasteiger partial charge in [-0.1, -0.05) is 18.2 Å². The summed E-state index contributed by atoms with van der Waals surface area (Å²) in [6.45, 7) is 7.34. The number of rotatable bonds is 9. The molecule has 1 aromatic carbocycles. The Morgan fingerprint density at radius 2 is 1.55 bits per heavy atom. The Balaban J connectivity index is 2.95. The standard InChI is InChI=1S/C17H30N2O3/c1-12(20)6-17-7-15(8-18)4-5-16(17)11-19(9-13(2)21)10-14(3)22/h4-5,7,12-14,20-22H,6,8-11,18H2,1-3H3. The molecule has 0 saturated heterocycles. The lowest BCUT2D eigenvalue weighted by atomic mass is 9.98. The van der Waals surface area contributed by atoms with Crippen LogP contribution in [0.1, 0.15) is 37.5 Å². The average Bonchev–Trinajstić information content (AvgIpc) is 2.38. The van der Waals surface area contributed by atoms with Crippen molar-refractivity contribution in [1.29, 1.82) is 0 Å². The molecular formula is C17H30N2O3. The molecule has 22 heavy (non-hydrogen) atoms. The highest BCUT2D eigenvalue weighted by Gasteiger charge is 2.15. The van der Waals surface area contributed by atoms with Crippen molar-refractivity contribution in [2.45, 2.75) is 58.6 Å². The first-order chi connectivity index (χ1) is 10.3. The molecule has 0 bridgehead atoms. The third kappa shape index (κ3) is 6.85. The number of hydrogen-bond donors (Lipinski definition) is 4. The predicted molar refractivity (Wildman–Crippen MR) is 88.4 cm³/mol. The molecule has 5 nitrogen and oxygen atoms in total. The van der Waals surface area contributed by atoms with Crippen molar-refractivity contribution in [3.8, 4) is 0 Å². The average molecular weight is 310 g/mol. The van der Waals surface area contributed by atoms with E-state index in [-0.39, 0.29) is 0 Å². The van der Waals surface area contributed by atoms with E-state index in [1.165, 1.54) is 0 Å². The van der Waals surface area contributed by atoms with Gasteiger partial charge in [0.1, 0.15) is 0 Å². The molecule has 126 valence electrons. The van der Waals surface area contributed by atoms with Gasteiger partial charge in [-0.05, 0) is 43.9 Å². The Morgan fingerprint density at radius 1 is 0.955 bits per heavy atom. The largest absolute Gasteiger partial charge is 0.393 e. The van der Waals surface area contributed by atoms with Gasteiger partial charge >= 0.3 is 0 Å². The van der Waals surface area contributed by atoms with Crippen molar-refractivity contribution in [1.82, 2.24) is 4.90 Å². The Labute approximate surface area is 133 Å². The van der Waals surface area contributed by atoms with Gasteiger partial charge in [0.05, 0.1) is 18.3 Å². The van der Waals surface area contributed by atoms with E-state index in [2.05, 4.69) is 0 Å². The van der Waals surface area contributed by atoms with Crippen LogP contribution in [0.4, 0.5) is 0 Å². The number of benzene rings is 1. The fraction of sp³-hybridized carbons (Fsp3) is 0.647. The van der Waals surface area contributed by atoms with Crippen LogP contribution in [-0.4, -0.2) is 51.6 Å². The Morgan fingerprint density at radius 3 is 2.00 bits per heavy atom. The summed E-state index contributed by atoms with van der Waals surface area (Å²) in [5.41, 5.74) is 8.90. The second-order valence-corrected chi connectivity index (χ2v) is 6.25. The molecule has 0 radical (unpaired) electrons. The zero-order valence-corrected chi connectivity index (χ0v) is 13.9. The predicted octanol–water partition coefficient (Wildman–Crippen LogP) is 0.632. The van der Waals surface area contributed by atoms with Crippen molar-refractivity contribution in [3.05, 3.63) is 34.9 Å². The number of aliphatic hydroxyl groups excluding tert-OH is 3. The zero-order valence-electron chi connectivity index (χ0n) is 13.9. The highest BCUT2D eigenvalue weighted by atomic mass is 16.3. The fourth-order valence-electron chi connectivity index (χ4n) is 2.66. The molecule has 0 heterocycles. The molecule has 0 amide bonds. The van der Waals surface area contributed by atoms with Crippen molar-refractivity contribution >= 4 is 0 Å². The van der Waals surface area contributed by atoms with Crippen molar-refractivity contribution in [2.75, 3.05) is 13.1 Å². The number of hydrogen-bond acceptors (Lipinski definition) is 5.